The fraction of sp³-hybridized carbons (Fsp3) is 0.500. The van der Waals surface area contributed by atoms with Crippen LogP contribution in [0.25, 0.3) is 0 Å². The van der Waals surface area contributed by atoms with Crippen molar-refractivity contribution < 1.29 is 18.3 Å². The molecule has 0 atom stereocenters. The molecule has 0 radical (unpaired) electrons. The van der Waals surface area contributed by atoms with Crippen molar-refractivity contribution in [1.29, 1.82) is 0 Å². The molecule has 1 aromatic carbocycles. The maximum absolute atomic E-state index is 12.3. The quantitative estimate of drug-likeness (QED) is 0.866. The van der Waals surface area contributed by atoms with Crippen molar-refractivity contribution in [1.82, 2.24) is 4.72 Å². The maximum atomic E-state index is 12.3. The number of carboxylic acids is 1. The average Bonchev–Trinajstić information content (AvgIpc) is 2.48. The molecule has 0 saturated heterocycles. The van der Waals surface area contributed by atoms with E-state index in [1.165, 1.54) is 24.3 Å². The number of rotatable bonds is 5. The van der Waals surface area contributed by atoms with Gasteiger partial charge in [-0.05, 0) is 56.2 Å². The second-order valence-corrected chi connectivity index (χ2v) is 8.01. The van der Waals surface area contributed by atoms with E-state index < -0.39 is 16.0 Å². The predicted octanol–water partition coefficient (Wildman–Crippen LogP) is 2.34. The van der Waals surface area contributed by atoms with Gasteiger partial charge in [0.05, 0.1) is 10.5 Å². The van der Waals surface area contributed by atoms with Crippen LogP contribution in [0.4, 0.5) is 0 Å². The zero-order chi connectivity index (χ0) is 15.5. The highest BCUT2D eigenvalue weighted by Crippen LogP contribution is 2.27. The minimum absolute atomic E-state index is 0.0300. The summed E-state index contributed by atoms with van der Waals surface area (Å²) in [5, 5.41) is 9.45. The third kappa shape index (κ3) is 4.21. The number of carboxylic acid groups (broad SMARTS) is 1. The molecule has 5 nitrogen and oxygen atoms in total. The van der Waals surface area contributed by atoms with Crippen LogP contribution in [-0.4, -0.2) is 37.0 Å². The van der Waals surface area contributed by atoms with Gasteiger partial charge in [-0.3, -0.25) is 0 Å². The van der Waals surface area contributed by atoms with Gasteiger partial charge in [-0.25, -0.2) is 17.9 Å². The van der Waals surface area contributed by atoms with Crippen molar-refractivity contribution in [3.63, 3.8) is 0 Å². The van der Waals surface area contributed by atoms with E-state index in [2.05, 4.69) is 11.0 Å². The number of benzene rings is 1. The number of sulfonamides is 1. The van der Waals surface area contributed by atoms with Crippen LogP contribution < -0.4 is 4.72 Å². The molecule has 0 heterocycles. The summed E-state index contributed by atoms with van der Waals surface area (Å²) in [6.45, 7) is 0. The monoisotopic (exact) mass is 329 g/mol. The van der Waals surface area contributed by atoms with Crippen molar-refractivity contribution in [2.45, 2.75) is 41.9 Å². The Kier molecular flexibility index (Phi) is 5.29. The SMILES string of the molecule is CSC1CCC(NS(=O)(=O)c2ccc(C(=O)O)cc2)CC1. The summed E-state index contributed by atoms with van der Waals surface area (Å²) in [6, 6.07) is 5.25. The maximum Gasteiger partial charge on any atom is 0.335 e. The normalized spacial score (nSPS) is 22.9. The van der Waals surface area contributed by atoms with Crippen molar-refractivity contribution >= 4 is 27.8 Å². The molecular formula is C14H19NO4S2. The number of carbonyl (C=O) groups is 1. The summed E-state index contributed by atoms with van der Waals surface area (Å²) < 4.78 is 27.3. The molecule has 21 heavy (non-hydrogen) atoms. The zero-order valence-electron chi connectivity index (χ0n) is 11.8. The molecular weight excluding hydrogens is 310 g/mol. The lowest BCUT2D eigenvalue weighted by molar-refractivity contribution is 0.0696. The molecule has 0 unspecified atom stereocenters. The summed E-state index contributed by atoms with van der Waals surface area (Å²) in [5.74, 6) is -1.07. The average molecular weight is 329 g/mol. The van der Waals surface area contributed by atoms with Crippen LogP contribution in [0, 0.1) is 0 Å². The smallest absolute Gasteiger partial charge is 0.335 e. The Morgan fingerprint density at radius 3 is 2.24 bits per heavy atom. The van der Waals surface area contributed by atoms with E-state index in [4.69, 9.17) is 5.11 Å². The molecule has 0 aliphatic heterocycles. The Labute approximate surface area is 129 Å². The summed E-state index contributed by atoms with van der Waals surface area (Å²) in [6.07, 6.45) is 5.81. The van der Waals surface area contributed by atoms with Gasteiger partial charge < -0.3 is 5.11 Å². The first kappa shape index (κ1) is 16.3. The molecule has 7 heteroatoms. The van der Waals surface area contributed by atoms with Crippen molar-refractivity contribution in [3.05, 3.63) is 29.8 Å². The van der Waals surface area contributed by atoms with Crippen LogP contribution in [-0.2, 0) is 10.0 Å². The highest BCUT2D eigenvalue weighted by molar-refractivity contribution is 7.99. The van der Waals surface area contributed by atoms with E-state index in [0.717, 1.165) is 25.7 Å². The summed E-state index contributed by atoms with van der Waals surface area (Å²) in [5.41, 5.74) is 0.0782. The molecule has 1 aromatic rings. The molecule has 1 aliphatic carbocycles. The van der Waals surface area contributed by atoms with Crippen LogP contribution in [0.3, 0.4) is 0 Å². The minimum atomic E-state index is -3.58. The number of nitrogens with one attached hydrogen (secondary N) is 1. The molecule has 0 spiro atoms. The van der Waals surface area contributed by atoms with Gasteiger partial charge in [0.25, 0.3) is 0 Å². The second kappa shape index (κ2) is 6.81. The molecule has 1 aliphatic rings. The second-order valence-electron chi connectivity index (χ2n) is 5.16. The third-order valence-electron chi connectivity index (χ3n) is 3.74. The largest absolute Gasteiger partial charge is 0.478 e. The van der Waals surface area contributed by atoms with E-state index in [9.17, 15) is 13.2 Å². The molecule has 2 N–H and O–H groups in total. The standard InChI is InChI=1S/C14H19NO4S2/c1-20-12-6-4-11(5-7-12)15-21(18,19)13-8-2-10(3-9-13)14(16)17/h2-3,8-9,11-12,15H,4-7H2,1H3,(H,16,17). The molecule has 1 saturated carbocycles. The van der Waals surface area contributed by atoms with Gasteiger partial charge in [-0.2, -0.15) is 11.8 Å². The lowest BCUT2D eigenvalue weighted by atomic mass is 9.96. The Bertz CT molecular complexity index is 590. The van der Waals surface area contributed by atoms with E-state index >= 15 is 0 Å². The van der Waals surface area contributed by atoms with Crippen LogP contribution in [0.1, 0.15) is 36.0 Å². The van der Waals surface area contributed by atoms with Gasteiger partial charge in [-0.15, -0.1) is 0 Å². The molecule has 0 amide bonds. The first-order chi connectivity index (χ1) is 9.92. The van der Waals surface area contributed by atoms with Crippen molar-refractivity contribution in [2.75, 3.05) is 6.26 Å². The van der Waals surface area contributed by atoms with Gasteiger partial charge in [0.1, 0.15) is 0 Å². The fourth-order valence-corrected chi connectivity index (χ4v) is 4.53. The summed E-state index contributed by atoms with van der Waals surface area (Å²) >= 11 is 1.83. The van der Waals surface area contributed by atoms with Crippen LogP contribution in [0.2, 0.25) is 0 Å². The summed E-state index contributed by atoms with van der Waals surface area (Å²) in [7, 11) is -3.58. The Balaban J connectivity index is 2.03. The first-order valence-electron chi connectivity index (χ1n) is 6.81. The molecule has 1 fully saturated rings. The molecule has 0 aromatic heterocycles. The first-order valence-corrected chi connectivity index (χ1v) is 9.58. The number of hydrogen-bond acceptors (Lipinski definition) is 4. The van der Waals surface area contributed by atoms with Crippen molar-refractivity contribution in [2.24, 2.45) is 0 Å². The van der Waals surface area contributed by atoms with E-state index in [1.807, 2.05) is 11.8 Å². The Morgan fingerprint density at radius 1 is 1.19 bits per heavy atom. The topological polar surface area (TPSA) is 83.5 Å². The lowest BCUT2D eigenvalue weighted by Crippen LogP contribution is -2.38. The van der Waals surface area contributed by atoms with Gasteiger partial charge >= 0.3 is 5.97 Å². The molecule has 0 bridgehead atoms. The van der Waals surface area contributed by atoms with Crippen LogP contribution in [0.5, 0.6) is 0 Å². The third-order valence-corrected chi connectivity index (χ3v) is 6.42. The van der Waals surface area contributed by atoms with Crippen LogP contribution >= 0.6 is 11.8 Å². The van der Waals surface area contributed by atoms with E-state index in [0.29, 0.717) is 5.25 Å². The summed E-state index contributed by atoms with van der Waals surface area (Å²) in [4.78, 5) is 10.9. The molecule has 2 rings (SSSR count). The number of thioether (sulfide) groups is 1. The predicted molar refractivity (Wildman–Crippen MR) is 83.3 cm³/mol. The van der Waals surface area contributed by atoms with E-state index in [1.54, 1.807) is 0 Å². The Hall–Kier alpha value is -1.05. The minimum Gasteiger partial charge on any atom is -0.478 e. The van der Waals surface area contributed by atoms with Gasteiger partial charge in [0.2, 0.25) is 10.0 Å². The van der Waals surface area contributed by atoms with Crippen molar-refractivity contribution in [3.8, 4) is 0 Å². The van der Waals surface area contributed by atoms with Crippen LogP contribution in [0.15, 0.2) is 29.2 Å². The Morgan fingerprint density at radius 2 is 1.76 bits per heavy atom. The molecule has 116 valence electrons. The lowest BCUT2D eigenvalue weighted by Gasteiger charge is -2.27. The number of aromatic carboxylic acids is 1. The highest BCUT2D eigenvalue weighted by Gasteiger charge is 2.25. The number of hydrogen-bond donors (Lipinski definition) is 2. The zero-order valence-corrected chi connectivity index (χ0v) is 13.4. The van der Waals surface area contributed by atoms with Gasteiger partial charge in [0, 0.05) is 11.3 Å². The van der Waals surface area contributed by atoms with Gasteiger partial charge in [-0.1, -0.05) is 0 Å². The highest BCUT2D eigenvalue weighted by atomic mass is 32.2. The fourth-order valence-electron chi connectivity index (χ4n) is 2.48. The van der Waals surface area contributed by atoms with E-state index in [-0.39, 0.29) is 16.5 Å². The van der Waals surface area contributed by atoms with Gasteiger partial charge in [0.15, 0.2) is 0 Å².